The maximum Gasteiger partial charge on any atom is 0.190 e. The lowest BCUT2D eigenvalue weighted by Crippen LogP contribution is -2.09. The van der Waals surface area contributed by atoms with Crippen LogP contribution in [0.5, 0.6) is 0 Å². The largest absolute Gasteiger partial charge is 0.311 e. The molecule has 2 heterocycles. The molecule has 4 nitrogen and oxygen atoms in total. The summed E-state index contributed by atoms with van der Waals surface area (Å²) in [5, 5.41) is 0.893. The monoisotopic (exact) mass is 456 g/mol. The molecule has 0 aliphatic rings. The molecule has 0 aliphatic carbocycles. The van der Waals surface area contributed by atoms with E-state index in [0.717, 1.165) is 43.5 Å². The van der Waals surface area contributed by atoms with Gasteiger partial charge in [-0.3, -0.25) is 0 Å². The van der Waals surface area contributed by atoms with Crippen LogP contribution in [0.1, 0.15) is 10.6 Å². The molecule has 0 saturated heterocycles. The fourth-order valence-electron chi connectivity index (χ4n) is 3.92. The normalized spacial score (nSPS) is 11.4. The molecule has 0 unspecified atom stereocenters. The Hall–Kier alpha value is -4.35. The van der Waals surface area contributed by atoms with Gasteiger partial charge in [0.15, 0.2) is 10.5 Å². The minimum Gasteiger partial charge on any atom is -0.311 e. The molecule has 0 fully saturated rings. The van der Waals surface area contributed by atoms with Gasteiger partial charge in [0.05, 0.1) is 11.0 Å². The Balaban J connectivity index is 1.29. The summed E-state index contributed by atoms with van der Waals surface area (Å²) in [6, 6.07) is 37.3. The summed E-state index contributed by atoms with van der Waals surface area (Å²) in [7, 11) is 0. The quantitative estimate of drug-likeness (QED) is 0.265. The number of hydrogen-bond acceptors (Lipinski definition) is 5. The van der Waals surface area contributed by atoms with E-state index in [2.05, 4.69) is 93.7 Å². The molecule has 0 aliphatic heterocycles. The summed E-state index contributed by atoms with van der Waals surface area (Å²) in [5.41, 5.74) is 6.92. The summed E-state index contributed by atoms with van der Waals surface area (Å²) in [6.45, 7) is 0. The number of hydrogen-bond donors (Lipinski definition) is 0. The molecule has 2 aromatic heterocycles. The fourth-order valence-corrected chi connectivity index (χ4v) is 4.71. The molecular formula is C29H20N4S. The van der Waals surface area contributed by atoms with Crippen molar-refractivity contribution in [3.05, 3.63) is 120 Å². The van der Waals surface area contributed by atoms with Gasteiger partial charge in [-0.2, -0.15) is 0 Å². The lowest BCUT2D eigenvalue weighted by molar-refractivity contribution is 1.28. The van der Waals surface area contributed by atoms with Crippen molar-refractivity contribution in [1.29, 1.82) is 0 Å². The van der Waals surface area contributed by atoms with Gasteiger partial charge in [-0.25, -0.2) is 15.0 Å². The molecule has 34 heavy (non-hydrogen) atoms. The van der Waals surface area contributed by atoms with E-state index in [4.69, 9.17) is 4.98 Å². The maximum atomic E-state index is 4.70. The van der Waals surface area contributed by atoms with Crippen LogP contribution in [0, 0.1) is 0 Å². The second-order valence-electron chi connectivity index (χ2n) is 7.82. The average molecular weight is 457 g/mol. The van der Waals surface area contributed by atoms with Crippen LogP contribution in [0.3, 0.4) is 0 Å². The molecule has 0 amide bonds. The second kappa shape index (κ2) is 8.89. The van der Waals surface area contributed by atoms with Crippen molar-refractivity contribution in [2.45, 2.75) is 0 Å². The molecular weight excluding hydrogens is 436 g/mol. The lowest BCUT2D eigenvalue weighted by Gasteiger charge is -2.25. The molecule has 5 heteroatoms. The minimum absolute atomic E-state index is 0.695. The zero-order valence-electron chi connectivity index (χ0n) is 18.2. The highest BCUT2D eigenvalue weighted by Gasteiger charge is 2.11. The first-order valence-electron chi connectivity index (χ1n) is 11.1. The van der Waals surface area contributed by atoms with Gasteiger partial charge in [0.25, 0.3) is 0 Å². The molecule has 0 bridgehead atoms. The Bertz CT molecular complexity index is 1500. The number of benzene rings is 4. The van der Waals surface area contributed by atoms with Gasteiger partial charge in [0.2, 0.25) is 0 Å². The number of para-hydroxylation sites is 4. The first-order valence-corrected chi connectivity index (χ1v) is 11.9. The Kier molecular flexibility index (Phi) is 5.30. The van der Waals surface area contributed by atoms with Crippen molar-refractivity contribution in [3.63, 3.8) is 0 Å². The van der Waals surface area contributed by atoms with Gasteiger partial charge in [-0.1, -0.05) is 78.1 Å². The molecule has 0 radical (unpaired) electrons. The number of aromatic nitrogens is 3. The zero-order valence-corrected chi connectivity index (χ0v) is 19.1. The van der Waals surface area contributed by atoms with Crippen LogP contribution in [0.4, 0.5) is 17.1 Å². The number of nitrogens with zero attached hydrogens (tertiary/aromatic N) is 4. The Morgan fingerprint density at radius 3 is 1.74 bits per heavy atom. The minimum atomic E-state index is 0.695. The second-order valence-corrected chi connectivity index (χ2v) is 8.83. The Morgan fingerprint density at radius 2 is 1.09 bits per heavy atom. The van der Waals surface area contributed by atoms with E-state index >= 15 is 0 Å². The zero-order chi connectivity index (χ0) is 22.7. The highest BCUT2D eigenvalue weighted by molar-refractivity contribution is 7.18. The third kappa shape index (κ3) is 4.05. The highest BCUT2D eigenvalue weighted by Crippen LogP contribution is 2.34. The molecule has 0 spiro atoms. The van der Waals surface area contributed by atoms with Gasteiger partial charge in [-0.15, -0.1) is 0 Å². The van der Waals surface area contributed by atoms with Crippen LogP contribution >= 0.6 is 11.3 Å². The van der Waals surface area contributed by atoms with Crippen molar-refractivity contribution in [1.82, 2.24) is 15.0 Å². The first kappa shape index (κ1) is 20.3. The molecule has 4 aromatic carbocycles. The first-order chi connectivity index (χ1) is 16.8. The van der Waals surface area contributed by atoms with E-state index in [9.17, 15) is 0 Å². The predicted octanol–water partition coefficient (Wildman–Crippen LogP) is 7.88. The summed E-state index contributed by atoms with van der Waals surface area (Å²) < 4.78 is 0. The van der Waals surface area contributed by atoms with Crippen LogP contribution in [0.2, 0.25) is 0 Å². The molecule has 0 N–H and O–H groups in total. The lowest BCUT2D eigenvalue weighted by atomic mass is 10.1. The van der Waals surface area contributed by atoms with Crippen molar-refractivity contribution in [2.75, 3.05) is 4.90 Å². The third-order valence-corrected chi connectivity index (χ3v) is 6.44. The molecule has 0 saturated carbocycles. The van der Waals surface area contributed by atoms with E-state index in [1.807, 2.05) is 42.5 Å². The molecule has 6 rings (SSSR count). The topological polar surface area (TPSA) is 41.9 Å². The number of rotatable bonds is 5. The van der Waals surface area contributed by atoms with Gasteiger partial charge < -0.3 is 4.90 Å². The van der Waals surface area contributed by atoms with Crippen molar-refractivity contribution in [2.24, 2.45) is 0 Å². The standard InChI is InChI=1S/C29H20N4S/c1-3-9-22(10-4-1)33(23-11-5-2-6-12-23)24-18-15-21(16-19-24)17-20-27-32-28-29(34-27)31-26-14-8-7-13-25(26)30-28/h1-20H. The summed E-state index contributed by atoms with van der Waals surface area (Å²) in [5.74, 6) is 0. The van der Waals surface area contributed by atoms with E-state index in [1.165, 1.54) is 0 Å². The molecule has 162 valence electrons. The van der Waals surface area contributed by atoms with E-state index in [1.54, 1.807) is 11.3 Å². The number of fused-ring (bicyclic) bond motifs is 2. The van der Waals surface area contributed by atoms with Gasteiger partial charge in [-0.05, 0) is 60.2 Å². The average Bonchev–Trinajstić information content (AvgIpc) is 3.30. The van der Waals surface area contributed by atoms with Gasteiger partial charge in [0, 0.05) is 17.1 Å². The molecule has 6 aromatic rings. The van der Waals surface area contributed by atoms with Crippen LogP contribution in [-0.4, -0.2) is 15.0 Å². The van der Waals surface area contributed by atoms with E-state index in [-0.39, 0.29) is 0 Å². The summed E-state index contributed by atoms with van der Waals surface area (Å²) in [6.07, 6.45) is 4.11. The highest BCUT2D eigenvalue weighted by atomic mass is 32.1. The predicted molar refractivity (Wildman–Crippen MR) is 143 cm³/mol. The number of anilines is 3. The Labute approximate surface area is 201 Å². The van der Waals surface area contributed by atoms with E-state index in [0.29, 0.717) is 5.65 Å². The van der Waals surface area contributed by atoms with Crippen LogP contribution in [0.25, 0.3) is 33.7 Å². The van der Waals surface area contributed by atoms with Gasteiger partial charge in [0.1, 0.15) is 5.01 Å². The summed E-state index contributed by atoms with van der Waals surface area (Å²) >= 11 is 1.55. The van der Waals surface area contributed by atoms with Gasteiger partial charge >= 0.3 is 0 Å². The van der Waals surface area contributed by atoms with Crippen molar-refractivity contribution in [3.8, 4) is 0 Å². The fraction of sp³-hybridized carbons (Fsp3) is 0. The number of thiazole rings is 1. The third-order valence-electron chi connectivity index (χ3n) is 5.54. The van der Waals surface area contributed by atoms with Crippen molar-refractivity contribution >= 4 is 62.1 Å². The maximum absolute atomic E-state index is 4.70. The SMILES string of the molecule is C(=Cc1nc2nc3ccccc3nc2s1)c1ccc(N(c2ccccc2)c2ccccc2)cc1. The summed E-state index contributed by atoms with van der Waals surface area (Å²) in [4.78, 5) is 17.1. The van der Waals surface area contributed by atoms with Crippen LogP contribution in [0.15, 0.2) is 109 Å². The van der Waals surface area contributed by atoms with Crippen molar-refractivity contribution < 1.29 is 0 Å². The smallest absolute Gasteiger partial charge is 0.190 e. The van der Waals surface area contributed by atoms with E-state index < -0.39 is 0 Å². The van der Waals surface area contributed by atoms with Crippen LogP contribution in [-0.2, 0) is 0 Å². The molecule has 0 atom stereocenters. The van der Waals surface area contributed by atoms with Crippen LogP contribution < -0.4 is 4.90 Å². The Morgan fingerprint density at radius 1 is 0.529 bits per heavy atom.